The largest absolute Gasteiger partial charge is 0.479 e. The molecule has 7 heteroatoms. The lowest BCUT2D eigenvalue weighted by atomic mass is 10.1. The third-order valence-corrected chi connectivity index (χ3v) is 2.76. The first-order valence-corrected chi connectivity index (χ1v) is 6.25. The number of nitrogens with zero attached hydrogens (tertiary/aromatic N) is 1. The number of carbonyl (C=O) groups excluding carboxylic acids is 2. The van der Waals surface area contributed by atoms with Crippen LogP contribution in [-0.4, -0.2) is 55.1 Å². The van der Waals surface area contributed by atoms with Crippen molar-refractivity contribution < 1.29 is 24.2 Å². The molecule has 1 atom stereocenters. The van der Waals surface area contributed by atoms with Gasteiger partial charge in [0.15, 0.2) is 6.04 Å². The zero-order valence-corrected chi connectivity index (χ0v) is 11.9. The summed E-state index contributed by atoms with van der Waals surface area (Å²) in [4.78, 5) is 35.7. The van der Waals surface area contributed by atoms with E-state index in [1.807, 2.05) is 0 Å². The van der Waals surface area contributed by atoms with Crippen LogP contribution in [0.1, 0.15) is 11.6 Å². The number of amides is 2. The number of benzene rings is 1. The Bertz CT molecular complexity index is 503. The first-order chi connectivity index (χ1) is 9.95. The molecule has 2 amide bonds. The van der Waals surface area contributed by atoms with Gasteiger partial charge in [-0.3, -0.25) is 9.59 Å². The van der Waals surface area contributed by atoms with E-state index in [9.17, 15) is 19.5 Å². The van der Waals surface area contributed by atoms with E-state index in [2.05, 4.69) is 10.1 Å². The summed E-state index contributed by atoms with van der Waals surface area (Å²) in [5.74, 6) is -2.09. The van der Waals surface area contributed by atoms with Gasteiger partial charge >= 0.3 is 5.97 Å². The Labute approximate surface area is 122 Å². The second-order valence-corrected chi connectivity index (χ2v) is 4.43. The third-order valence-electron chi connectivity index (χ3n) is 2.76. The van der Waals surface area contributed by atoms with Crippen molar-refractivity contribution in [2.75, 3.05) is 27.3 Å². The van der Waals surface area contributed by atoms with Crippen LogP contribution in [0.5, 0.6) is 0 Å². The van der Waals surface area contributed by atoms with E-state index in [-0.39, 0.29) is 19.1 Å². The Morgan fingerprint density at radius 3 is 2.43 bits per heavy atom. The number of hydrogen-bond donors (Lipinski definition) is 2. The van der Waals surface area contributed by atoms with Gasteiger partial charge in [-0.1, -0.05) is 30.3 Å². The molecule has 2 N–H and O–H groups in total. The molecular formula is C14H18N2O5. The highest BCUT2D eigenvalue weighted by atomic mass is 16.5. The van der Waals surface area contributed by atoms with Crippen LogP contribution in [0.2, 0.25) is 0 Å². The Hall–Kier alpha value is -2.41. The standard InChI is InChI=1S/C14H18N2O5/c1-16(12(18)9-21-2)8-11(17)15-13(14(19)20)10-6-4-3-5-7-10/h3-7,13H,8-9H2,1-2H3,(H,15,17)(H,19,20)/t13-/m0/s1. The molecule has 0 aliphatic carbocycles. The average molecular weight is 294 g/mol. The maximum atomic E-state index is 11.8. The van der Waals surface area contributed by atoms with E-state index in [4.69, 9.17) is 0 Å². The van der Waals surface area contributed by atoms with E-state index in [0.717, 1.165) is 0 Å². The van der Waals surface area contributed by atoms with Crippen molar-refractivity contribution in [3.8, 4) is 0 Å². The summed E-state index contributed by atoms with van der Waals surface area (Å²) >= 11 is 0. The van der Waals surface area contributed by atoms with E-state index in [0.29, 0.717) is 5.56 Å². The van der Waals surface area contributed by atoms with Gasteiger partial charge < -0.3 is 20.1 Å². The highest BCUT2D eigenvalue weighted by Gasteiger charge is 2.23. The zero-order valence-electron chi connectivity index (χ0n) is 11.9. The molecule has 0 radical (unpaired) electrons. The van der Waals surface area contributed by atoms with Gasteiger partial charge in [-0.2, -0.15) is 0 Å². The quantitative estimate of drug-likeness (QED) is 0.740. The molecule has 0 aliphatic heterocycles. The summed E-state index contributed by atoms with van der Waals surface area (Å²) in [7, 11) is 2.82. The van der Waals surface area contributed by atoms with Gasteiger partial charge in [0, 0.05) is 14.2 Å². The van der Waals surface area contributed by atoms with Gasteiger partial charge in [-0.15, -0.1) is 0 Å². The Kier molecular flexibility index (Phi) is 6.35. The van der Waals surface area contributed by atoms with Gasteiger partial charge in [0.05, 0.1) is 6.54 Å². The van der Waals surface area contributed by atoms with Crippen LogP contribution >= 0.6 is 0 Å². The molecule has 0 aliphatic rings. The zero-order chi connectivity index (χ0) is 15.8. The Morgan fingerprint density at radius 2 is 1.90 bits per heavy atom. The fourth-order valence-corrected chi connectivity index (χ4v) is 1.68. The number of carbonyl (C=O) groups is 3. The molecule has 7 nitrogen and oxygen atoms in total. The molecule has 1 aromatic rings. The molecule has 0 fully saturated rings. The summed E-state index contributed by atoms with van der Waals surface area (Å²) in [6.07, 6.45) is 0. The van der Waals surface area contributed by atoms with E-state index in [1.54, 1.807) is 30.3 Å². The van der Waals surface area contributed by atoms with Gasteiger partial charge in [-0.25, -0.2) is 4.79 Å². The molecule has 0 bridgehead atoms. The summed E-state index contributed by atoms with van der Waals surface area (Å²) in [6.45, 7) is -0.371. The topological polar surface area (TPSA) is 95.9 Å². The van der Waals surface area contributed by atoms with Crippen LogP contribution in [0.15, 0.2) is 30.3 Å². The van der Waals surface area contributed by atoms with Crippen molar-refractivity contribution in [1.29, 1.82) is 0 Å². The van der Waals surface area contributed by atoms with E-state index >= 15 is 0 Å². The Morgan fingerprint density at radius 1 is 1.29 bits per heavy atom. The molecule has 1 aromatic carbocycles. The fraction of sp³-hybridized carbons (Fsp3) is 0.357. The van der Waals surface area contributed by atoms with Crippen LogP contribution in [-0.2, 0) is 19.1 Å². The average Bonchev–Trinajstić information content (AvgIpc) is 2.45. The molecule has 21 heavy (non-hydrogen) atoms. The molecule has 0 saturated heterocycles. The molecule has 0 unspecified atom stereocenters. The lowest BCUT2D eigenvalue weighted by Crippen LogP contribution is -2.42. The second-order valence-electron chi connectivity index (χ2n) is 4.43. The maximum absolute atomic E-state index is 11.8. The monoisotopic (exact) mass is 294 g/mol. The number of likely N-dealkylation sites (N-methyl/N-ethyl adjacent to an activating group) is 1. The van der Waals surface area contributed by atoms with Crippen LogP contribution in [0.4, 0.5) is 0 Å². The van der Waals surface area contributed by atoms with Crippen molar-refractivity contribution in [1.82, 2.24) is 10.2 Å². The van der Waals surface area contributed by atoms with E-state index in [1.165, 1.54) is 19.1 Å². The minimum atomic E-state index is -1.17. The minimum absolute atomic E-state index is 0.134. The van der Waals surface area contributed by atoms with Crippen LogP contribution in [0, 0.1) is 0 Å². The van der Waals surface area contributed by atoms with E-state index < -0.39 is 17.9 Å². The van der Waals surface area contributed by atoms with Gasteiger partial charge in [-0.05, 0) is 5.56 Å². The number of carboxylic acids is 1. The Balaban J connectivity index is 2.66. The number of nitrogens with one attached hydrogen (secondary N) is 1. The van der Waals surface area contributed by atoms with Crippen molar-refractivity contribution in [3.05, 3.63) is 35.9 Å². The number of ether oxygens (including phenoxy) is 1. The van der Waals surface area contributed by atoms with Gasteiger partial charge in [0.2, 0.25) is 11.8 Å². The molecule has 114 valence electrons. The maximum Gasteiger partial charge on any atom is 0.330 e. The second kappa shape index (κ2) is 8.01. The predicted molar refractivity (Wildman–Crippen MR) is 74.5 cm³/mol. The number of methoxy groups -OCH3 is 1. The van der Waals surface area contributed by atoms with Gasteiger partial charge in [0.1, 0.15) is 6.61 Å². The SMILES string of the molecule is COCC(=O)N(C)CC(=O)N[C@H](C(=O)O)c1ccccc1. The molecule has 0 heterocycles. The number of hydrogen-bond acceptors (Lipinski definition) is 4. The molecule has 1 rings (SSSR count). The summed E-state index contributed by atoms with van der Waals surface area (Å²) in [5.41, 5.74) is 0.462. The number of aliphatic carboxylic acids is 1. The van der Waals surface area contributed by atoms with Gasteiger partial charge in [0.25, 0.3) is 0 Å². The predicted octanol–water partition coefficient (Wildman–Crippen LogP) is 0.0333. The third kappa shape index (κ3) is 5.23. The van der Waals surface area contributed by atoms with Crippen molar-refractivity contribution in [3.63, 3.8) is 0 Å². The normalized spacial score (nSPS) is 11.5. The lowest BCUT2D eigenvalue weighted by molar-refractivity contribution is -0.143. The van der Waals surface area contributed by atoms with Crippen LogP contribution < -0.4 is 5.32 Å². The minimum Gasteiger partial charge on any atom is -0.479 e. The van der Waals surface area contributed by atoms with Crippen molar-refractivity contribution >= 4 is 17.8 Å². The molecular weight excluding hydrogens is 276 g/mol. The number of carboxylic acid groups (broad SMARTS) is 1. The first-order valence-electron chi connectivity index (χ1n) is 6.25. The smallest absolute Gasteiger partial charge is 0.330 e. The number of rotatable bonds is 7. The summed E-state index contributed by atoms with van der Waals surface area (Å²) < 4.78 is 4.68. The van der Waals surface area contributed by atoms with Crippen LogP contribution in [0.25, 0.3) is 0 Å². The molecule has 0 aromatic heterocycles. The molecule has 0 saturated carbocycles. The highest BCUT2D eigenvalue weighted by Crippen LogP contribution is 2.12. The van der Waals surface area contributed by atoms with Crippen LogP contribution in [0.3, 0.4) is 0 Å². The summed E-state index contributed by atoms with van der Waals surface area (Å²) in [6, 6.07) is 7.20. The fourth-order valence-electron chi connectivity index (χ4n) is 1.68. The lowest BCUT2D eigenvalue weighted by Gasteiger charge is -2.19. The first kappa shape index (κ1) is 16.6. The van der Waals surface area contributed by atoms with Crippen molar-refractivity contribution in [2.45, 2.75) is 6.04 Å². The molecule has 0 spiro atoms. The highest BCUT2D eigenvalue weighted by molar-refractivity contribution is 5.88. The van der Waals surface area contributed by atoms with Crippen molar-refractivity contribution in [2.24, 2.45) is 0 Å². The summed E-state index contributed by atoms with van der Waals surface area (Å²) in [5, 5.41) is 11.6.